The predicted molar refractivity (Wildman–Crippen MR) is 120 cm³/mol. The van der Waals surface area contributed by atoms with Gasteiger partial charge in [-0.1, -0.05) is 73.6 Å². The van der Waals surface area contributed by atoms with Gasteiger partial charge in [-0.15, -0.1) is 0 Å². The summed E-state index contributed by atoms with van der Waals surface area (Å²) in [5.74, 6) is 1.19. The highest BCUT2D eigenvalue weighted by Gasteiger charge is 2.52. The van der Waals surface area contributed by atoms with E-state index in [0.29, 0.717) is 0 Å². The Morgan fingerprint density at radius 1 is 0.724 bits per heavy atom. The van der Waals surface area contributed by atoms with Gasteiger partial charge in [-0.05, 0) is 17.2 Å². The zero-order valence-electron chi connectivity index (χ0n) is 18.7. The van der Waals surface area contributed by atoms with E-state index in [1.807, 2.05) is 6.20 Å². The predicted octanol–water partition coefficient (Wildman–Crippen LogP) is 6.17. The number of pyridine rings is 2. The molecule has 3 nitrogen and oxygen atoms in total. The quantitative estimate of drug-likeness (QED) is 0.340. The van der Waals surface area contributed by atoms with E-state index in [4.69, 9.17) is 9.97 Å². The van der Waals surface area contributed by atoms with Crippen LogP contribution in [0.5, 0.6) is 0 Å². The Morgan fingerprint density at radius 2 is 1.41 bits per heavy atom. The molecule has 1 aliphatic heterocycles. The molecule has 0 atom stereocenters. The van der Waals surface area contributed by atoms with Gasteiger partial charge >= 0.3 is 0 Å². The summed E-state index contributed by atoms with van der Waals surface area (Å²) in [4.78, 5) is 10.4. The molecule has 0 N–H and O–H groups in total. The molecular formula is C26H29N3. The summed E-state index contributed by atoms with van der Waals surface area (Å²) in [6.45, 7) is 18.9. The van der Waals surface area contributed by atoms with Crippen molar-refractivity contribution in [3.63, 3.8) is 0 Å². The topological polar surface area (TPSA) is 30.2 Å². The Hall–Kier alpha value is -2.42. The van der Waals surface area contributed by atoms with Crippen molar-refractivity contribution in [3.05, 3.63) is 53.1 Å². The number of imidazole rings is 1. The van der Waals surface area contributed by atoms with Gasteiger partial charge in [-0.25, -0.2) is 4.98 Å². The van der Waals surface area contributed by atoms with E-state index >= 15 is 0 Å². The normalized spacial score (nSPS) is 22.2. The van der Waals surface area contributed by atoms with Gasteiger partial charge in [0.1, 0.15) is 5.82 Å². The number of fused-ring (bicyclic) bond motifs is 1. The molecule has 29 heavy (non-hydrogen) atoms. The number of benzene rings is 1. The Morgan fingerprint density at radius 3 is 2.14 bits per heavy atom. The molecule has 1 aliphatic carbocycles. The second-order valence-corrected chi connectivity index (χ2v) is 11.3. The highest BCUT2D eigenvalue weighted by molar-refractivity contribution is 6.15. The monoisotopic (exact) mass is 383 g/mol. The first-order valence-corrected chi connectivity index (χ1v) is 10.7. The maximum absolute atomic E-state index is 5.45. The number of rotatable bonds is 0. The Labute approximate surface area is 172 Å². The molecule has 0 spiro atoms. The fourth-order valence-corrected chi connectivity index (χ4v) is 5.88. The van der Waals surface area contributed by atoms with Crippen molar-refractivity contribution >= 4 is 27.3 Å². The van der Waals surface area contributed by atoms with Gasteiger partial charge in [0.2, 0.25) is 0 Å². The third kappa shape index (κ3) is 1.56. The third-order valence-electron chi connectivity index (χ3n) is 9.20. The Bertz CT molecular complexity index is 1290. The van der Waals surface area contributed by atoms with E-state index < -0.39 is 0 Å². The second-order valence-electron chi connectivity index (χ2n) is 11.3. The lowest BCUT2D eigenvalue weighted by atomic mass is 9.59. The van der Waals surface area contributed by atoms with Crippen LogP contribution in [0.15, 0.2) is 30.5 Å². The molecule has 3 aromatic heterocycles. The van der Waals surface area contributed by atoms with Crippen molar-refractivity contribution in [1.29, 1.82) is 0 Å². The lowest BCUT2D eigenvalue weighted by molar-refractivity contribution is 0.275. The summed E-state index contributed by atoms with van der Waals surface area (Å²) in [6, 6.07) is 8.99. The van der Waals surface area contributed by atoms with Gasteiger partial charge in [-0.3, -0.25) is 9.38 Å². The molecule has 0 saturated heterocycles. The van der Waals surface area contributed by atoms with Crippen LogP contribution in [0.3, 0.4) is 0 Å². The van der Waals surface area contributed by atoms with E-state index in [0.717, 1.165) is 5.52 Å². The van der Waals surface area contributed by atoms with Crippen LogP contribution in [0.4, 0.5) is 0 Å². The smallest absolute Gasteiger partial charge is 0.120 e. The standard InChI is InChI=1S/C26H29N3/c1-23(2)15-12-13-27-18-14-10-9-11-16-19(14)29-20(17(15)18)21(25(23,5)6)28-22(29)26(7,8)24(16,3)4/h9-13H,1-8H3. The molecule has 0 fully saturated rings. The maximum atomic E-state index is 5.45. The van der Waals surface area contributed by atoms with Crippen molar-refractivity contribution in [3.8, 4) is 0 Å². The molecule has 4 aromatic rings. The molecule has 3 heteroatoms. The van der Waals surface area contributed by atoms with Crippen LogP contribution < -0.4 is 0 Å². The van der Waals surface area contributed by atoms with Crippen LogP contribution in [-0.4, -0.2) is 14.4 Å². The summed E-state index contributed by atoms with van der Waals surface area (Å²) < 4.78 is 2.50. The number of hydrogen-bond acceptors (Lipinski definition) is 2. The Balaban J connectivity index is 2.05. The lowest BCUT2D eigenvalue weighted by Gasteiger charge is -2.45. The summed E-state index contributed by atoms with van der Waals surface area (Å²) in [6.07, 6.45) is 2.00. The van der Waals surface area contributed by atoms with E-state index in [2.05, 4.69) is 84.1 Å². The summed E-state index contributed by atoms with van der Waals surface area (Å²) in [5, 5.41) is 2.54. The fourth-order valence-electron chi connectivity index (χ4n) is 5.88. The maximum Gasteiger partial charge on any atom is 0.120 e. The number of para-hydroxylation sites is 1. The van der Waals surface area contributed by atoms with Gasteiger partial charge in [0.25, 0.3) is 0 Å². The molecular weight excluding hydrogens is 354 g/mol. The zero-order chi connectivity index (χ0) is 20.7. The molecule has 6 rings (SSSR count). The van der Waals surface area contributed by atoms with Crippen LogP contribution in [-0.2, 0) is 21.7 Å². The van der Waals surface area contributed by atoms with Gasteiger partial charge in [0.15, 0.2) is 0 Å². The molecule has 1 aromatic carbocycles. The lowest BCUT2D eigenvalue weighted by Crippen LogP contribution is -2.44. The van der Waals surface area contributed by atoms with Crippen molar-refractivity contribution in [2.24, 2.45) is 0 Å². The summed E-state index contributed by atoms with van der Waals surface area (Å²) in [5.41, 5.74) is 7.49. The van der Waals surface area contributed by atoms with E-state index in [1.165, 1.54) is 44.5 Å². The Kier molecular flexibility index (Phi) is 2.71. The van der Waals surface area contributed by atoms with Gasteiger partial charge in [-0.2, -0.15) is 0 Å². The SMILES string of the molecule is CC1(C)c2ccnc3c4cccc5c4n4c(nc(c4c23)C1(C)C)C(C)(C)C5(C)C. The second kappa shape index (κ2) is 4.50. The average molecular weight is 384 g/mol. The van der Waals surface area contributed by atoms with Gasteiger partial charge < -0.3 is 0 Å². The summed E-state index contributed by atoms with van der Waals surface area (Å²) in [7, 11) is 0. The third-order valence-corrected chi connectivity index (χ3v) is 9.20. The largest absolute Gasteiger partial charge is 0.294 e. The average Bonchev–Trinajstić information content (AvgIpc) is 3.07. The van der Waals surface area contributed by atoms with Crippen LogP contribution in [0, 0.1) is 0 Å². The highest BCUT2D eigenvalue weighted by Crippen LogP contribution is 2.57. The molecule has 4 heterocycles. The van der Waals surface area contributed by atoms with E-state index in [1.54, 1.807) is 0 Å². The minimum atomic E-state index is -0.0872. The molecule has 0 unspecified atom stereocenters. The van der Waals surface area contributed by atoms with Gasteiger partial charge in [0, 0.05) is 38.6 Å². The number of nitrogens with zero attached hydrogens (tertiary/aromatic N) is 3. The molecule has 0 amide bonds. The van der Waals surface area contributed by atoms with E-state index in [9.17, 15) is 0 Å². The fraction of sp³-hybridized carbons (Fsp3) is 0.462. The van der Waals surface area contributed by atoms with Crippen molar-refractivity contribution < 1.29 is 0 Å². The van der Waals surface area contributed by atoms with Crippen LogP contribution in [0.1, 0.15) is 78.0 Å². The minimum absolute atomic E-state index is 0.0307. The van der Waals surface area contributed by atoms with Crippen molar-refractivity contribution in [1.82, 2.24) is 14.4 Å². The number of aromatic nitrogens is 3. The molecule has 148 valence electrons. The number of hydrogen-bond donors (Lipinski definition) is 0. The molecule has 0 saturated carbocycles. The van der Waals surface area contributed by atoms with Gasteiger partial charge in [0.05, 0.1) is 22.2 Å². The molecule has 0 bridgehead atoms. The first-order chi connectivity index (χ1) is 13.4. The van der Waals surface area contributed by atoms with Crippen LogP contribution >= 0.6 is 0 Å². The molecule has 0 radical (unpaired) electrons. The first-order valence-electron chi connectivity index (χ1n) is 10.7. The highest BCUT2D eigenvalue weighted by atomic mass is 15.1. The zero-order valence-corrected chi connectivity index (χ0v) is 18.7. The molecule has 2 aliphatic rings. The van der Waals surface area contributed by atoms with E-state index in [-0.39, 0.29) is 21.7 Å². The van der Waals surface area contributed by atoms with Crippen molar-refractivity contribution in [2.45, 2.75) is 77.0 Å². The van der Waals surface area contributed by atoms with Crippen LogP contribution in [0.25, 0.3) is 27.3 Å². The van der Waals surface area contributed by atoms with Crippen molar-refractivity contribution in [2.75, 3.05) is 0 Å². The first kappa shape index (κ1) is 17.4. The minimum Gasteiger partial charge on any atom is -0.294 e. The van der Waals surface area contributed by atoms with Crippen LogP contribution in [0.2, 0.25) is 0 Å². The summed E-state index contributed by atoms with van der Waals surface area (Å²) >= 11 is 0.